The van der Waals surface area contributed by atoms with Gasteiger partial charge in [-0.3, -0.25) is 0 Å². The first-order valence-corrected chi connectivity index (χ1v) is 10.9. The number of hydrogen-bond acceptors (Lipinski definition) is 3. The van der Waals surface area contributed by atoms with Crippen molar-refractivity contribution >= 4 is 23.2 Å². The lowest BCUT2D eigenvalue weighted by Gasteiger charge is -2.15. The van der Waals surface area contributed by atoms with Gasteiger partial charge in [-0.1, -0.05) is 65.2 Å². The van der Waals surface area contributed by atoms with Gasteiger partial charge in [-0.05, 0) is 61.7 Å². The van der Waals surface area contributed by atoms with Crippen LogP contribution >= 0.6 is 23.2 Å². The molecule has 0 aliphatic heterocycles. The molecule has 0 aliphatic rings. The van der Waals surface area contributed by atoms with E-state index in [0.29, 0.717) is 36.3 Å². The van der Waals surface area contributed by atoms with Crippen LogP contribution < -0.4 is 14.8 Å². The Morgan fingerprint density at radius 2 is 1.50 bits per heavy atom. The molecule has 1 N–H and O–H groups in total. The minimum Gasteiger partial charge on any atom is -0.490 e. The van der Waals surface area contributed by atoms with Crippen LogP contribution in [0.5, 0.6) is 11.5 Å². The van der Waals surface area contributed by atoms with Crippen LogP contribution in [-0.2, 0) is 19.6 Å². The maximum Gasteiger partial charge on any atom is 0.163 e. The van der Waals surface area contributed by atoms with Gasteiger partial charge in [0.25, 0.3) is 0 Å². The summed E-state index contributed by atoms with van der Waals surface area (Å²) in [4.78, 5) is 0. The topological polar surface area (TPSA) is 30.5 Å². The molecule has 3 aromatic rings. The Bertz CT molecular complexity index is 941. The summed E-state index contributed by atoms with van der Waals surface area (Å²) >= 11 is 12.5. The second-order valence-electron chi connectivity index (χ2n) is 7.15. The molecule has 0 saturated carbocycles. The second kappa shape index (κ2) is 11.3. The van der Waals surface area contributed by atoms with Gasteiger partial charge in [-0.15, -0.1) is 0 Å². The molecule has 0 bridgehead atoms. The molecule has 0 amide bonds. The summed E-state index contributed by atoms with van der Waals surface area (Å²) in [7, 11) is 0. The quantitative estimate of drug-likeness (QED) is 0.357. The van der Waals surface area contributed by atoms with Crippen LogP contribution in [0.15, 0.2) is 60.7 Å². The molecule has 3 rings (SSSR count). The van der Waals surface area contributed by atoms with Crippen molar-refractivity contribution in [2.45, 2.75) is 33.4 Å². The van der Waals surface area contributed by atoms with Crippen molar-refractivity contribution in [3.05, 3.63) is 93.0 Å². The third-order valence-corrected chi connectivity index (χ3v) is 5.35. The highest BCUT2D eigenvalue weighted by atomic mass is 35.5. The van der Waals surface area contributed by atoms with E-state index < -0.39 is 0 Å². The molecule has 0 aliphatic carbocycles. The lowest BCUT2D eigenvalue weighted by Crippen LogP contribution is -2.17. The van der Waals surface area contributed by atoms with Crippen LogP contribution in [0.2, 0.25) is 10.0 Å². The number of hydrogen-bond donors (Lipinski definition) is 1. The van der Waals surface area contributed by atoms with Crippen LogP contribution in [0.1, 0.15) is 29.2 Å². The molecule has 0 saturated heterocycles. The van der Waals surface area contributed by atoms with Crippen molar-refractivity contribution in [3.8, 4) is 11.5 Å². The average Bonchev–Trinajstić information content (AvgIpc) is 2.74. The van der Waals surface area contributed by atoms with Crippen LogP contribution in [0, 0.1) is 6.92 Å². The van der Waals surface area contributed by atoms with Gasteiger partial charge in [0.15, 0.2) is 11.5 Å². The summed E-state index contributed by atoms with van der Waals surface area (Å²) in [5.41, 5.74) is 4.56. The summed E-state index contributed by atoms with van der Waals surface area (Å²) < 4.78 is 11.8. The summed E-state index contributed by atoms with van der Waals surface area (Å²) in [6.45, 7) is 6.56. The van der Waals surface area contributed by atoms with Crippen molar-refractivity contribution in [1.29, 1.82) is 0 Å². The molecule has 0 unspecified atom stereocenters. The lowest BCUT2D eigenvalue weighted by atomic mass is 10.1. The molecule has 0 radical (unpaired) electrons. The molecule has 0 aromatic heterocycles. The van der Waals surface area contributed by atoms with E-state index in [1.165, 1.54) is 11.1 Å². The van der Waals surface area contributed by atoms with Gasteiger partial charge in [-0.2, -0.15) is 0 Å². The first-order valence-electron chi connectivity index (χ1n) is 10.1. The summed E-state index contributed by atoms with van der Waals surface area (Å²) in [5, 5.41) is 4.86. The normalized spacial score (nSPS) is 10.8. The van der Waals surface area contributed by atoms with Gasteiger partial charge in [0.1, 0.15) is 6.61 Å². The third kappa shape index (κ3) is 6.66. The van der Waals surface area contributed by atoms with Crippen molar-refractivity contribution in [2.24, 2.45) is 0 Å². The Kier molecular flexibility index (Phi) is 8.44. The maximum absolute atomic E-state index is 6.53. The van der Waals surface area contributed by atoms with E-state index in [-0.39, 0.29) is 0 Å². The number of benzene rings is 3. The van der Waals surface area contributed by atoms with Crippen LogP contribution in [0.25, 0.3) is 0 Å². The van der Waals surface area contributed by atoms with Gasteiger partial charge in [0, 0.05) is 22.7 Å². The van der Waals surface area contributed by atoms with Crippen LogP contribution in [0.3, 0.4) is 0 Å². The van der Waals surface area contributed by atoms with Gasteiger partial charge < -0.3 is 14.8 Å². The highest BCUT2D eigenvalue weighted by Crippen LogP contribution is 2.34. The molecule has 0 spiro atoms. The van der Waals surface area contributed by atoms with E-state index in [1.54, 1.807) is 0 Å². The molecule has 5 heteroatoms. The van der Waals surface area contributed by atoms with E-state index >= 15 is 0 Å². The van der Waals surface area contributed by atoms with Crippen molar-refractivity contribution in [2.75, 3.05) is 13.2 Å². The van der Waals surface area contributed by atoms with Crippen molar-refractivity contribution < 1.29 is 9.47 Å². The summed E-state index contributed by atoms with van der Waals surface area (Å²) in [5.74, 6) is 1.37. The van der Waals surface area contributed by atoms with E-state index in [2.05, 4.69) is 36.5 Å². The van der Waals surface area contributed by atoms with Gasteiger partial charge >= 0.3 is 0 Å². The highest BCUT2D eigenvalue weighted by molar-refractivity contribution is 6.31. The SMILES string of the molecule is CCOc1cc(CNCCc2ccc(Cl)cc2)c(Cl)cc1OCc1ccc(C)cc1. The predicted molar refractivity (Wildman–Crippen MR) is 125 cm³/mol. The summed E-state index contributed by atoms with van der Waals surface area (Å²) in [6.07, 6.45) is 0.921. The first-order chi connectivity index (χ1) is 14.5. The Morgan fingerprint density at radius 3 is 2.20 bits per heavy atom. The molecule has 3 nitrogen and oxygen atoms in total. The second-order valence-corrected chi connectivity index (χ2v) is 7.99. The Hall–Kier alpha value is -2.20. The van der Waals surface area contributed by atoms with Crippen LogP contribution in [-0.4, -0.2) is 13.2 Å². The Balaban J connectivity index is 1.60. The van der Waals surface area contributed by atoms with E-state index in [0.717, 1.165) is 29.1 Å². The Morgan fingerprint density at radius 1 is 0.833 bits per heavy atom. The molecule has 3 aromatic carbocycles. The van der Waals surface area contributed by atoms with E-state index in [4.69, 9.17) is 32.7 Å². The zero-order valence-electron chi connectivity index (χ0n) is 17.4. The fourth-order valence-electron chi connectivity index (χ4n) is 3.05. The highest BCUT2D eigenvalue weighted by Gasteiger charge is 2.11. The van der Waals surface area contributed by atoms with Gasteiger partial charge in [-0.25, -0.2) is 0 Å². The van der Waals surface area contributed by atoms with Crippen LogP contribution in [0.4, 0.5) is 0 Å². The number of aryl methyl sites for hydroxylation is 1. The number of ether oxygens (including phenoxy) is 2. The number of rotatable bonds is 10. The van der Waals surface area contributed by atoms with Crippen molar-refractivity contribution in [3.63, 3.8) is 0 Å². The van der Waals surface area contributed by atoms with E-state index in [1.807, 2.05) is 43.3 Å². The minimum absolute atomic E-state index is 0.468. The zero-order chi connectivity index (χ0) is 21.3. The molecule has 0 atom stereocenters. The number of halogens is 2. The van der Waals surface area contributed by atoms with E-state index in [9.17, 15) is 0 Å². The lowest BCUT2D eigenvalue weighted by molar-refractivity contribution is 0.269. The average molecular weight is 444 g/mol. The predicted octanol–water partition coefficient (Wildman–Crippen LogP) is 6.61. The smallest absolute Gasteiger partial charge is 0.163 e. The monoisotopic (exact) mass is 443 g/mol. The standard InChI is InChI=1S/C25H27Cl2NO2/c1-3-29-24-14-21(16-28-13-12-19-8-10-22(26)11-9-19)23(27)15-25(24)30-17-20-6-4-18(2)5-7-20/h4-11,14-15,28H,3,12-13,16-17H2,1-2H3. The fraction of sp³-hybridized carbons (Fsp3) is 0.280. The molecular weight excluding hydrogens is 417 g/mol. The molecular formula is C25H27Cl2NO2. The Labute approximate surface area is 188 Å². The van der Waals surface area contributed by atoms with Gasteiger partial charge in [0.2, 0.25) is 0 Å². The minimum atomic E-state index is 0.468. The molecule has 30 heavy (non-hydrogen) atoms. The molecule has 0 fully saturated rings. The third-order valence-electron chi connectivity index (χ3n) is 4.75. The molecule has 0 heterocycles. The number of nitrogens with one attached hydrogen (secondary N) is 1. The fourth-order valence-corrected chi connectivity index (χ4v) is 3.39. The molecule has 158 valence electrons. The summed E-state index contributed by atoms with van der Waals surface area (Å²) in [6, 6.07) is 20.0. The first kappa shape index (κ1) is 22.5. The maximum atomic E-state index is 6.53. The van der Waals surface area contributed by atoms with Crippen molar-refractivity contribution in [1.82, 2.24) is 5.32 Å². The largest absolute Gasteiger partial charge is 0.490 e. The zero-order valence-corrected chi connectivity index (χ0v) is 18.9. The van der Waals surface area contributed by atoms with Gasteiger partial charge in [0.05, 0.1) is 6.61 Å².